The minimum atomic E-state index is -0.801. The molecular weight excluding hydrogens is 427 g/mol. The second kappa shape index (κ2) is 8.01. The van der Waals surface area contributed by atoms with Crippen molar-refractivity contribution < 1.29 is 13.9 Å². The van der Waals surface area contributed by atoms with Gasteiger partial charge in [-0.1, -0.05) is 59.3 Å². The van der Waals surface area contributed by atoms with Crippen LogP contribution >= 0.6 is 22.9 Å². The maximum atomic E-state index is 14.1. The van der Waals surface area contributed by atoms with Crippen molar-refractivity contribution in [1.82, 2.24) is 4.57 Å². The van der Waals surface area contributed by atoms with Gasteiger partial charge in [0.05, 0.1) is 22.9 Å². The summed E-state index contributed by atoms with van der Waals surface area (Å²) in [5, 5.41) is 0.405. The minimum Gasteiger partial charge on any atom is -0.466 e. The number of esters is 1. The Hall–Kier alpha value is -3.03. The van der Waals surface area contributed by atoms with E-state index in [4.69, 9.17) is 16.3 Å². The van der Waals surface area contributed by atoms with E-state index < -0.39 is 17.8 Å². The van der Waals surface area contributed by atoms with E-state index >= 15 is 0 Å². The van der Waals surface area contributed by atoms with Crippen molar-refractivity contribution in [3.8, 4) is 0 Å². The fourth-order valence-electron chi connectivity index (χ4n) is 3.42. The molecule has 30 heavy (non-hydrogen) atoms. The van der Waals surface area contributed by atoms with E-state index in [2.05, 4.69) is 4.99 Å². The minimum absolute atomic E-state index is 0.232. The maximum Gasteiger partial charge on any atom is 0.338 e. The van der Waals surface area contributed by atoms with Gasteiger partial charge in [0.2, 0.25) is 0 Å². The second-order valence-electron chi connectivity index (χ2n) is 6.62. The van der Waals surface area contributed by atoms with Crippen LogP contribution in [0.15, 0.2) is 69.6 Å². The lowest BCUT2D eigenvalue weighted by molar-refractivity contribution is -0.136. The van der Waals surface area contributed by atoms with Crippen LogP contribution < -0.4 is 14.9 Å². The molecule has 0 aliphatic carbocycles. The van der Waals surface area contributed by atoms with Crippen LogP contribution in [-0.4, -0.2) is 17.6 Å². The molecule has 0 saturated carbocycles. The van der Waals surface area contributed by atoms with E-state index in [1.165, 1.54) is 23.8 Å². The lowest BCUT2D eigenvalue weighted by Crippen LogP contribution is -2.39. The van der Waals surface area contributed by atoms with Gasteiger partial charge in [-0.15, -0.1) is 0 Å². The highest BCUT2D eigenvalue weighted by molar-refractivity contribution is 7.07. The number of carbonyl (C=O) groups excluding carboxylic acids is 1. The molecule has 0 bridgehead atoms. The quantitative estimate of drug-likeness (QED) is 0.585. The Morgan fingerprint density at radius 2 is 1.93 bits per heavy atom. The molecule has 0 amide bonds. The zero-order valence-corrected chi connectivity index (χ0v) is 17.6. The first kappa shape index (κ1) is 20.3. The molecule has 4 rings (SSSR count). The third kappa shape index (κ3) is 3.40. The number of fused-ring (bicyclic) bond motifs is 1. The molecule has 2 heterocycles. The van der Waals surface area contributed by atoms with Crippen molar-refractivity contribution in [2.45, 2.75) is 13.0 Å². The fraction of sp³-hybridized carbons (Fsp3) is 0.136. The summed E-state index contributed by atoms with van der Waals surface area (Å²) in [7, 11) is 1.27. The molecule has 0 unspecified atom stereocenters. The van der Waals surface area contributed by atoms with E-state index in [0.717, 1.165) is 11.3 Å². The molecule has 8 heteroatoms. The number of thiazole rings is 1. The van der Waals surface area contributed by atoms with Crippen molar-refractivity contribution in [2.75, 3.05) is 7.11 Å². The Morgan fingerprint density at radius 1 is 1.23 bits per heavy atom. The Bertz CT molecular complexity index is 1370. The maximum absolute atomic E-state index is 14.1. The first-order valence-electron chi connectivity index (χ1n) is 9.02. The predicted octanol–water partition coefficient (Wildman–Crippen LogP) is 3.20. The summed E-state index contributed by atoms with van der Waals surface area (Å²) in [6.45, 7) is 1.68. The van der Waals surface area contributed by atoms with Gasteiger partial charge in [-0.2, -0.15) is 0 Å². The molecule has 5 nitrogen and oxygen atoms in total. The third-order valence-corrected chi connectivity index (χ3v) is 6.15. The van der Waals surface area contributed by atoms with Gasteiger partial charge in [-0.25, -0.2) is 14.2 Å². The molecule has 152 valence electrons. The summed E-state index contributed by atoms with van der Waals surface area (Å²) in [6, 6.07) is 12.4. The molecule has 0 N–H and O–H groups in total. The molecule has 1 aliphatic rings. The van der Waals surface area contributed by atoms with E-state index in [1.807, 2.05) is 0 Å². The first-order valence-corrected chi connectivity index (χ1v) is 10.2. The highest BCUT2D eigenvalue weighted by atomic mass is 35.5. The fourth-order valence-corrected chi connectivity index (χ4v) is 4.69. The Labute approximate surface area is 180 Å². The number of carbonyl (C=O) groups is 1. The lowest BCUT2D eigenvalue weighted by Gasteiger charge is -2.25. The summed E-state index contributed by atoms with van der Waals surface area (Å²) in [5.74, 6) is -1.03. The zero-order chi connectivity index (χ0) is 21.4. The second-order valence-corrected chi connectivity index (χ2v) is 8.03. The third-order valence-electron chi connectivity index (χ3n) is 4.82. The number of nitrogens with zero attached hydrogens (tertiary/aromatic N) is 2. The molecule has 0 radical (unpaired) electrons. The van der Waals surface area contributed by atoms with Gasteiger partial charge in [0.25, 0.3) is 5.56 Å². The van der Waals surface area contributed by atoms with Crippen LogP contribution in [0, 0.1) is 5.82 Å². The van der Waals surface area contributed by atoms with Crippen LogP contribution in [0.5, 0.6) is 0 Å². The van der Waals surface area contributed by atoms with Crippen molar-refractivity contribution in [3.05, 3.63) is 101 Å². The topological polar surface area (TPSA) is 60.7 Å². The Kier molecular flexibility index (Phi) is 5.40. The number of allylic oxidation sites excluding steroid dienone is 1. The number of methoxy groups -OCH3 is 1. The van der Waals surface area contributed by atoms with Gasteiger partial charge < -0.3 is 4.74 Å². The van der Waals surface area contributed by atoms with Crippen molar-refractivity contribution in [2.24, 2.45) is 4.99 Å². The molecule has 0 fully saturated rings. The molecule has 3 aromatic rings. The average molecular weight is 443 g/mol. The standard InChI is InChI=1S/C22H16ClFN2O3S/c1-12-18(21(28)29-2)19(14-8-4-5-9-15(14)23)26-20(27)17(30-22(26)25-12)11-13-7-3-6-10-16(13)24/h3-11,19H,1-2H3/b17-11-/t19-/m1/s1. The monoisotopic (exact) mass is 442 g/mol. The summed E-state index contributed by atoms with van der Waals surface area (Å²) >= 11 is 7.55. The van der Waals surface area contributed by atoms with E-state index in [0.29, 0.717) is 31.2 Å². The van der Waals surface area contributed by atoms with Crippen LogP contribution in [0.4, 0.5) is 4.39 Å². The van der Waals surface area contributed by atoms with Crippen LogP contribution in [0.2, 0.25) is 5.02 Å². The summed E-state index contributed by atoms with van der Waals surface area (Å²) in [5.41, 5.74) is 1.15. The predicted molar refractivity (Wildman–Crippen MR) is 114 cm³/mol. The smallest absolute Gasteiger partial charge is 0.338 e. The van der Waals surface area contributed by atoms with Crippen molar-refractivity contribution in [1.29, 1.82) is 0 Å². The lowest BCUT2D eigenvalue weighted by atomic mass is 9.96. The molecule has 1 aliphatic heterocycles. The van der Waals surface area contributed by atoms with Crippen molar-refractivity contribution in [3.63, 3.8) is 0 Å². The van der Waals surface area contributed by atoms with Gasteiger partial charge in [0, 0.05) is 10.6 Å². The van der Waals surface area contributed by atoms with Crippen LogP contribution in [0.3, 0.4) is 0 Å². The van der Waals surface area contributed by atoms with E-state index in [-0.39, 0.29) is 11.1 Å². The number of hydrogen-bond acceptors (Lipinski definition) is 5. The SMILES string of the molecule is COC(=O)C1=C(C)N=c2s/c(=C\c3ccccc3F)c(=O)n2[C@@H]1c1ccccc1Cl. The number of aromatic nitrogens is 1. The summed E-state index contributed by atoms with van der Waals surface area (Å²) in [6.07, 6.45) is 1.49. The van der Waals surface area contributed by atoms with E-state index in [1.54, 1.807) is 49.4 Å². The number of hydrogen-bond donors (Lipinski definition) is 0. The highest BCUT2D eigenvalue weighted by Gasteiger charge is 2.34. The van der Waals surface area contributed by atoms with Crippen LogP contribution in [0.1, 0.15) is 24.1 Å². The molecule has 0 saturated heterocycles. The van der Waals surface area contributed by atoms with Crippen molar-refractivity contribution >= 4 is 35.0 Å². The van der Waals surface area contributed by atoms with Gasteiger partial charge >= 0.3 is 5.97 Å². The summed E-state index contributed by atoms with van der Waals surface area (Å²) in [4.78, 5) is 30.8. The van der Waals surface area contributed by atoms with Gasteiger partial charge in [-0.05, 0) is 30.7 Å². The number of ether oxygens (including phenoxy) is 1. The summed E-state index contributed by atoms with van der Waals surface area (Å²) < 4.78 is 20.8. The Balaban J connectivity index is 2.03. The average Bonchev–Trinajstić information content (AvgIpc) is 3.03. The largest absolute Gasteiger partial charge is 0.466 e. The highest BCUT2D eigenvalue weighted by Crippen LogP contribution is 2.34. The van der Waals surface area contributed by atoms with Crippen LogP contribution in [0.25, 0.3) is 6.08 Å². The number of rotatable bonds is 3. The number of halogens is 2. The van der Waals surface area contributed by atoms with Gasteiger partial charge in [0.1, 0.15) is 11.9 Å². The molecular formula is C22H16ClFN2O3S. The zero-order valence-electron chi connectivity index (χ0n) is 16.1. The van der Waals surface area contributed by atoms with Gasteiger partial charge in [-0.3, -0.25) is 9.36 Å². The molecule has 1 atom stereocenters. The van der Waals surface area contributed by atoms with Gasteiger partial charge in [0.15, 0.2) is 4.80 Å². The molecule has 1 aromatic heterocycles. The van der Waals surface area contributed by atoms with E-state index in [9.17, 15) is 14.0 Å². The first-order chi connectivity index (χ1) is 14.4. The molecule has 0 spiro atoms. The normalized spacial score (nSPS) is 16.3. The molecule has 2 aromatic carbocycles. The van der Waals surface area contributed by atoms with Crippen LogP contribution in [-0.2, 0) is 9.53 Å². The number of benzene rings is 2. The Morgan fingerprint density at radius 3 is 2.63 bits per heavy atom.